The molecule has 0 aliphatic heterocycles. The molecule has 0 bridgehead atoms. The first-order valence-corrected chi connectivity index (χ1v) is 7.27. The van der Waals surface area contributed by atoms with Gasteiger partial charge in [0.25, 0.3) is 0 Å². The second-order valence-electron chi connectivity index (χ2n) is 5.21. The zero-order valence-corrected chi connectivity index (χ0v) is 14.0. The van der Waals surface area contributed by atoms with Gasteiger partial charge in [-0.15, -0.1) is 12.4 Å². The van der Waals surface area contributed by atoms with E-state index in [-0.39, 0.29) is 24.7 Å². The molecule has 0 saturated heterocycles. The summed E-state index contributed by atoms with van der Waals surface area (Å²) in [4.78, 5) is 24.3. The molecule has 24 heavy (non-hydrogen) atoms. The molecule has 2 aromatic carbocycles. The molecule has 1 heterocycles. The van der Waals surface area contributed by atoms with Crippen LogP contribution in [-0.2, 0) is 11.3 Å². The highest BCUT2D eigenvalue weighted by molar-refractivity contribution is 6.05. The molecule has 0 aliphatic rings. The number of methoxy groups -OCH3 is 1. The third-order valence-electron chi connectivity index (χ3n) is 3.71. The molecule has 3 rings (SSSR count). The molecular formula is C19H17ClNO3+. The number of hydrogen-bond donors (Lipinski definition) is 0. The van der Waals surface area contributed by atoms with Crippen molar-refractivity contribution >= 4 is 34.9 Å². The van der Waals surface area contributed by atoms with E-state index in [9.17, 15) is 9.59 Å². The fourth-order valence-electron chi connectivity index (χ4n) is 2.54. The highest BCUT2D eigenvalue weighted by Gasteiger charge is 2.20. The lowest BCUT2D eigenvalue weighted by Gasteiger charge is -2.05. The van der Waals surface area contributed by atoms with Crippen LogP contribution >= 0.6 is 12.4 Å². The monoisotopic (exact) mass is 342 g/mol. The molecule has 0 atom stereocenters. The molecule has 0 fully saturated rings. The van der Waals surface area contributed by atoms with E-state index in [1.165, 1.54) is 7.11 Å². The van der Waals surface area contributed by atoms with Crippen LogP contribution in [0.1, 0.15) is 20.7 Å². The van der Waals surface area contributed by atoms with E-state index in [1.807, 2.05) is 47.3 Å². The largest absolute Gasteiger partial charge is 0.465 e. The SMILES string of the molecule is COC(=O)c1ccccc1C(=O)C[n+]1ccc2ccccc2c1.Cl. The molecule has 4 nitrogen and oxygen atoms in total. The maximum Gasteiger partial charge on any atom is 0.338 e. The van der Waals surface area contributed by atoms with Crippen LogP contribution in [0.25, 0.3) is 10.8 Å². The molecule has 0 N–H and O–H groups in total. The fraction of sp³-hybridized carbons (Fsp3) is 0.105. The number of aromatic nitrogens is 1. The van der Waals surface area contributed by atoms with Crippen molar-refractivity contribution in [2.24, 2.45) is 0 Å². The van der Waals surface area contributed by atoms with Crippen LogP contribution in [-0.4, -0.2) is 18.9 Å². The third kappa shape index (κ3) is 3.60. The van der Waals surface area contributed by atoms with Gasteiger partial charge in [-0.3, -0.25) is 4.79 Å². The van der Waals surface area contributed by atoms with Crippen LogP contribution in [0.5, 0.6) is 0 Å². The van der Waals surface area contributed by atoms with Crippen LogP contribution in [0.2, 0.25) is 0 Å². The maximum absolute atomic E-state index is 12.6. The summed E-state index contributed by atoms with van der Waals surface area (Å²) in [6.07, 6.45) is 3.79. The number of halogens is 1. The average Bonchev–Trinajstić information content (AvgIpc) is 2.61. The number of ether oxygens (including phenoxy) is 1. The number of hydrogen-bond acceptors (Lipinski definition) is 3. The molecule has 0 unspecified atom stereocenters. The van der Waals surface area contributed by atoms with Gasteiger partial charge in [-0.25, -0.2) is 4.79 Å². The van der Waals surface area contributed by atoms with Gasteiger partial charge in [-0.2, -0.15) is 4.57 Å². The van der Waals surface area contributed by atoms with Crippen molar-refractivity contribution in [1.29, 1.82) is 0 Å². The Morgan fingerprint density at radius 1 is 0.917 bits per heavy atom. The van der Waals surface area contributed by atoms with Crippen LogP contribution in [0.4, 0.5) is 0 Å². The normalized spacial score (nSPS) is 10.0. The van der Waals surface area contributed by atoms with Gasteiger partial charge in [0.1, 0.15) is 0 Å². The molecular weight excluding hydrogens is 326 g/mol. The highest BCUT2D eigenvalue weighted by Crippen LogP contribution is 2.12. The first kappa shape index (κ1) is 17.6. The standard InChI is InChI=1S/C19H16NO3.ClH/c1-23-19(22)17-9-5-4-8-16(17)18(21)13-20-11-10-14-6-2-3-7-15(14)12-20;/h2-12H,13H2,1H3;1H/q+1;. The van der Waals surface area contributed by atoms with Crippen molar-refractivity contribution in [3.63, 3.8) is 0 Å². The molecule has 0 aliphatic carbocycles. The molecule has 3 aromatic rings. The van der Waals surface area contributed by atoms with Gasteiger partial charge in [-0.05, 0) is 17.5 Å². The quantitative estimate of drug-likeness (QED) is 0.415. The maximum atomic E-state index is 12.6. The summed E-state index contributed by atoms with van der Waals surface area (Å²) in [7, 11) is 1.31. The van der Waals surface area contributed by atoms with E-state index in [4.69, 9.17) is 4.74 Å². The second kappa shape index (κ2) is 7.70. The lowest BCUT2D eigenvalue weighted by Crippen LogP contribution is -2.37. The van der Waals surface area contributed by atoms with E-state index in [1.54, 1.807) is 24.3 Å². The summed E-state index contributed by atoms with van der Waals surface area (Å²) >= 11 is 0. The fourth-order valence-corrected chi connectivity index (χ4v) is 2.54. The van der Waals surface area contributed by atoms with Crippen molar-refractivity contribution in [2.45, 2.75) is 6.54 Å². The minimum Gasteiger partial charge on any atom is -0.465 e. The van der Waals surface area contributed by atoms with E-state index in [0.29, 0.717) is 11.1 Å². The van der Waals surface area contributed by atoms with Crippen LogP contribution in [0.15, 0.2) is 67.0 Å². The van der Waals surface area contributed by atoms with Gasteiger partial charge in [0, 0.05) is 17.0 Å². The van der Waals surface area contributed by atoms with E-state index < -0.39 is 5.97 Å². The predicted octanol–water partition coefficient (Wildman–Crippen LogP) is 3.22. The van der Waals surface area contributed by atoms with E-state index in [0.717, 1.165) is 10.8 Å². The number of fused-ring (bicyclic) bond motifs is 1. The summed E-state index contributed by atoms with van der Waals surface area (Å²) < 4.78 is 6.56. The van der Waals surface area contributed by atoms with Crippen molar-refractivity contribution < 1.29 is 18.9 Å². The Labute approximate surface area is 146 Å². The molecule has 0 saturated carbocycles. The van der Waals surface area contributed by atoms with Gasteiger partial charge in [-0.1, -0.05) is 36.4 Å². The summed E-state index contributed by atoms with van der Waals surface area (Å²) in [5.74, 6) is -0.635. The Bertz CT molecular complexity index is 892. The van der Waals surface area contributed by atoms with Gasteiger partial charge in [0.2, 0.25) is 12.3 Å². The number of carbonyl (C=O) groups is 2. The topological polar surface area (TPSA) is 47.3 Å². The predicted molar refractivity (Wildman–Crippen MR) is 93.5 cm³/mol. The summed E-state index contributed by atoms with van der Waals surface area (Å²) in [5, 5.41) is 2.18. The summed E-state index contributed by atoms with van der Waals surface area (Å²) in [6.45, 7) is 0.166. The van der Waals surface area contributed by atoms with Gasteiger partial charge in [0.15, 0.2) is 12.4 Å². The zero-order chi connectivity index (χ0) is 16.2. The number of ketones is 1. The highest BCUT2D eigenvalue weighted by atomic mass is 35.5. The number of esters is 1. The first-order chi connectivity index (χ1) is 11.2. The first-order valence-electron chi connectivity index (χ1n) is 7.27. The third-order valence-corrected chi connectivity index (χ3v) is 3.71. The minimum atomic E-state index is -0.502. The Hall–Kier alpha value is -2.72. The van der Waals surface area contributed by atoms with E-state index >= 15 is 0 Å². The van der Waals surface area contributed by atoms with Crippen molar-refractivity contribution in [3.8, 4) is 0 Å². The van der Waals surface area contributed by atoms with Gasteiger partial charge in [0.05, 0.1) is 12.7 Å². The molecule has 5 heteroatoms. The number of nitrogens with zero attached hydrogens (tertiary/aromatic N) is 1. The lowest BCUT2D eigenvalue weighted by molar-refractivity contribution is -0.681. The zero-order valence-electron chi connectivity index (χ0n) is 13.1. The van der Waals surface area contributed by atoms with Crippen LogP contribution in [0, 0.1) is 0 Å². The second-order valence-corrected chi connectivity index (χ2v) is 5.21. The van der Waals surface area contributed by atoms with Crippen molar-refractivity contribution in [3.05, 3.63) is 78.1 Å². The number of pyridine rings is 1. The van der Waals surface area contributed by atoms with Gasteiger partial charge < -0.3 is 4.74 Å². The molecule has 0 amide bonds. The Morgan fingerprint density at radius 2 is 1.54 bits per heavy atom. The number of Topliss-reactive ketones (excluding diaryl/α,β-unsaturated/α-hetero) is 1. The summed E-state index contributed by atoms with van der Waals surface area (Å²) in [6, 6.07) is 16.6. The Kier molecular flexibility index (Phi) is 5.66. The van der Waals surface area contributed by atoms with Crippen molar-refractivity contribution in [2.75, 3.05) is 7.11 Å². The minimum absolute atomic E-state index is 0. The number of benzene rings is 2. The smallest absolute Gasteiger partial charge is 0.338 e. The molecule has 0 spiro atoms. The Balaban J connectivity index is 0.00000208. The van der Waals surface area contributed by atoms with Gasteiger partial charge >= 0.3 is 5.97 Å². The van der Waals surface area contributed by atoms with Crippen LogP contribution < -0.4 is 4.57 Å². The molecule has 1 aromatic heterocycles. The molecule has 122 valence electrons. The van der Waals surface area contributed by atoms with Crippen LogP contribution in [0.3, 0.4) is 0 Å². The lowest BCUT2D eigenvalue weighted by atomic mass is 10.0. The molecule has 0 radical (unpaired) electrons. The average molecular weight is 343 g/mol. The number of rotatable bonds is 4. The summed E-state index contributed by atoms with van der Waals surface area (Å²) in [5.41, 5.74) is 0.668. The van der Waals surface area contributed by atoms with E-state index in [2.05, 4.69) is 0 Å². The Morgan fingerprint density at radius 3 is 2.25 bits per heavy atom. The number of carbonyl (C=O) groups excluding carboxylic acids is 2. The van der Waals surface area contributed by atoms with Crippen molar-refractivity contribution in [1.82, 2.24) is 0 Å².